The minimum atomic E-state index is -2.80. The van der Waals surface area contributed by atoms with E-state index in [9.17, 15) is 9.59 Å². The molecule has 0 aliphatic heterocycles. The lowest BCUT2D eigenvalue weighted by Gasteiger charge is -2.05. The minimum Gasteiger partial charge on any atom is -0.480 e. The summed E-state index contributed by atoms with van der Waals surface area (Å²) >= 11 is 0. The molecule has 0 saturated heterocycles. The minimum absolute atomic E-state index is 0.796. The van der Waals surface area contributed by atoms with Gasteiger partial charge in [-0.05, 0) is 12.8 Å². The lowest BCUT2D eigenvalue weighted by molar-refractivity contribution is -0.138. The van der Waals surface area contributed by atoms with Crippen LogP contribution in [0, 0.1) is 0 Å². The van der Waals surface area contributed by atoms with Crippen LogP contribution in [0.4, 0.5) is 4.79 Å². The molecule has 0 aromatic rings. The fraction of sp³-hybridized carbons (Fsp3) is 0.667. The lowest BCUT2D eigenvalue weighted by atomic mass is 10.2. The van der Waals surface area contributed by atoms with Gasteiger partial charge in [-0.2, -0.15) is 0 Å². The summed E-state index contributed by atoms with van der Waals surface area (Å²) in [6.45, 7) is -2.80. The number of primary amides is 1. The first kappa shape index (κ1) is 5.36. The van der Waals surface area contributed by atoms with E-state index < -0.39 is 37.3 Å². The predicted octanol–water partition coefficient (Wildman–Crippen LogP) is -1.15. The van der Waals surface area contributed by atoms with Crippen molar-refractivity contribution in [2.24, 2.45) is 11.5 Å². The number of hydrogen-bond acceptors (Lipinski definition) is 3. The Morgan fingerprint density at radius 2 is 2.25 bits per heavy atom. The number of nitrogens with one attached hydrogen (secondary N) is 1. The van der Waals surface area contributed by atoms with Crippen LogP contribution in [-0.2, 0) is 4.79 Å². The summed E-state index contributed by atoms with van der Waals surface area (Å²) in [6, 6.07) is -2.82. The van der Waals surface area contributed by atoms with Crippen molar-refractivity contribution in [1.29, 1.82) is 0 Å². The molecule has 6 heteroatoms. The fourth-order valence-corrected chi connectivity index (χ4v) is 0.354. The van der Waals surface area contributed by atoms with Crippen LogP contribution in [0.15, 0.2) is 0 Å². The van der Waals surface area contributed by atoms with Crippen molar-refractivity contribution >= 4 is 12.0 Å². The van der Waals surface area contributed by atoms with Crippen LogP contribution >= 0.6 is 0 Å². The van der Waals surface area contributed by atoms with Crippen LogP contribution in [0.2, 0.25) is 0 Å². The maximum atomic E-state index is 10.4. The summed E-state index contributed by atoms with van der Waals surface area (Å²) in [5.41, 5.74) is 9.74. The average Bonchev–Trinajstić information content (AvgIpc) is 1.99. The molecule has 0 rings (SSSR count). The Balaban J connectivity index is 4.75. The van der Waals surface area contributed by atoms with Gasteiger partial charge in [-0.3, -0.25) is 4.79 Å². The van der Waals surface area contributed by atoms with E-state index in [1.165, 1.54) is 0 Å². The van der Waals surface area contributed by atoms with Gasteiger partial charge < -0.3 is 21.9 Å². The fourth-order valence-electron chi connectivity index (χ4n) is 0.354. The molecule has 70 valence electrons. The van der Waals surface area contributed by atoms with E-state index in [1.54, 1.807) is 5.32 Å². The van der Waals surface area contributed by atoms with Gasteiger partial charge in [0, 0.05) is 12.0 Å². The van der Waals surface area contributed by atoms with Gasteiger partial charge in [0.15, 0.2) is 0 Å². The van der Waals surface area contributed by atoms with Crippen LogP contribution in [0.25, 0.3) is 0 Å². The molecule has 0 aliphatic rings. The summed E-state index contributed by atoms with van der Waals surface area (Å²) in [7, 11) is 0. The molecule has 0 aromatic carbocycles. The van der Waals surface area contributed by atoms with Crippen LogP contribution in [0.1, 0.15) is 18.3 Å². The van der Waals surface area contributed by atoms with Crippen LogP contribution < -0.4 is 16.8 Å². The number of urea groups is 1. The van der Waals surface area contributed by atoms with Crippen LogP contribution in [-0.4, -0.2) is 29.6 Å². The van der Waals surface area contributed by atoms with Crippen molar-refractivity contribution in [2.75, 3.05) is 6.50 Å². The molecule has 6 N–H and O–H groups in total. The Hall–Kier alpha value is -1.30. The zero-order valence-electron chi connectivity index (χ0n) is 10.2. The van der Waals surface area contributed by atoms with E-state index in [-0.39, 0.29) is 0 Å². The Bertz CT molecular complexity index is 297. The van der Waals surface area contributed by atoms with Gasteiger partial charge in [-0.1, -0.05) is 0 Å². The number of hydrogen-bond donors (Lipinski definition) is 4. The van der Waals surface area contributed by atoms with Crippen molar-refractivity contribution in [1.82, 2.24) is 5.32 Å². The number of carbonyl (C=O) groups is 2. The summed E-state index contributed by atoms with van der Waals surface area (Å²) in [5, 5.41) is 10.0. The predicted molar refractivity (Wildman–Crippen MR) is 42.4 cm³/mol. The number of carboxylic acids is 1. The number of nitrogens with two attached hydrogens (primary N) is 2. The van der Waals surface area contributed by atoms with E-state index >= 15 is 0 Å². The highest BCUT2D eigenvalue weighted by Crippen LogP contribution is 1.92. The molecule has 0 aromatic heterocycles. The number of carbonyl (C=O) groups excluding carboxylic acids is 1. The molecule has 6 nitrogen and oxygen atoms in total. The molecule has 1 atom stereocenters. The smallest absolute Gasteiger partial charge is 0.320 e. The molecule has 0 heterocycles. The highest BCUT2D eigenvalue weighted by molar-refractivity contribution is 5.73. The third-order valence-corrected chi connectivity index (χ3v) is 0.913. The molecule has 0 radical (unpaired) electrons. The van der Waals surface area contributed by atoms with Gasteiger partial charge in [-0.25, -0.2) is 4.79 Å². The van der Waals surface area contributed by atoms with Gasteiger partial charge in [0.1, 0.15) is 6.04 Å². The van der Waals surface area contributed by atoms with Gasteiger partial charge in [0.25, 0.3) is 0 Å². The van der Waals surface area contributed by atoms with Gasteiger partial charge in [0.2, 0.25) is 0 Å². The standard InChI is InChI=1S/C6H13N3O3/c7-4(5(10)11)2-1-3-9-6(8)12/h4H,1-3,7H2,(H,10,11)(H3,8,9,12)/t4-/m0/s1/i1D2,3+1D2. The highest BCUT2D eigenvalue weighted by atomic mass is 16.4. The van der Waals surface area contributed by atoms with Crippen molar-refractivity contribution in [3.05, 3.63) is 0 Å². The summed E-state index contributed by atoms with van der Waals surface area (Å²) in [6.07, 6.45) is -3.45. The van der Waals surface area contributed by atoms with Gasteiger partial charge in [-0.15, -0.1) is 0 Å². The average molecular weight is 180 g/mol. The van der Waals surface area contributed by atoms with Gasteiger partial charge in [0.05, 0.1) is 0 Å². The summed E-state index contributed by atoms with van der Waals surface area (Å²) < 4.78 is 29.1. The van der Waals surface area contributed by atoms with E-state index in [0.29, 0.717) is 0 Å². The maximum Gasteiger partial charge on any atom is 0.320 e. The van der Waals surface area contributed by atoms with E-state index in [2.05, 4.69) is 5.73 Å². The quantitative estimate of drug-likeness (QED) is 0.399. The number of rotatable bonds is 5. The SMILES string of the molecule is [2H]C([2H])(C[C@H](N)C(=O)O)[13C]([2H])([2H])NC(N)=O. The second-order valence-corrected chi connectivity index (χ2v) is 1.94. The molecule has 2 amide bonds. The largest absolute Gasteiger partial charge is 0.480 e. The van der Waals surface area contributed by atoms with E-state index in [1.807, 2.05) is 0 Å². The molecule has 0 spiro atoms. The molecular weight excluding hydrogens is 163 g/mol. The van der Waals surface area contributed by atoms with Crippen molar-refractivity contribution in [3.8, 4) is 0 Å². The Morgan fingerprint density at radius 3 is 2.67 bits per heavy atom. The second kappa shape index (κ2) is 5.36. The molecule has 12 heavy (non-hydrogen) atoms. The second-order valence-electron chi connectivity index (χ2n) is 1.94. The van der Waals surface area contributed by atoms with Crippen molar-refractivity contribution in [3.63, 3.8) is 0 Å². The molecule has 0 fully saturated rings. The van der Waals surface area contributed by atoms with Crippen molar-refractivity contribution in [2.45, 2.75) is 18.8 Å². The summed E-state index contributed by atoms with van der Waals surface area (Å²) in [5.74, 6) is -1.46. The first-order valence-electron chi connectivity index (χ1n) is 5.05. The number of carboxylic acid groups (broad SMARTS) is 1. The van der Waals surface area contributed by atoms with Gasteiger partial charge >= 0.3 is 12.0 Å². The lowest BCUT2D eigenvalue weighted by Crippen LogP contribution is -2.33. The normalized spacial score (nSPS) is 19.4. The molecule has 0 saturated carbocycles. The zero-order valence-corrected chi connectivity index (χ0v) is 6.20. The maximum absolute atomic E-state index is 10.4. The topological polar surface area (TPSA) is 118 Å². The van der Waals surface area contributed by atoms with Crippen LogP contribution in [0.5, 0.6) is 0 Å². The molecular formula is C6H13N3O3. The first-order chi connectivity index (χ1) is 6.99. The Kier molecular flexibility index (Phi) is 2.40. The third kappa shape index (κ3) is 5.48. The van der Waals surface area contributed by atoms with Crippen molar-refractivity contribution < 1.29 is 20.2 Å². The van der Waals surface area contributed by atoms with E-state index in [4.69, 9.17) is 16.3 Å². The Morgan fingerprint density at radius 1 is 1.67 bits per heavy atom. The summed E-state index contributed by atoms with van der Waals surface area (Å²) in [4.78, 5) is 20.8. The molecule has 0 aliphatic carbocycles. The van der Waals surface area contributed by atoms with E-state index in [0.717, 1.165) is 0 Å². The van der Waals surface area contributed by atoms with Crippen LogP contribution in [0.3, 0.4) is 0 Å². The highest BCUT2D eigenvalue weighted by Gasteiger charge is 2.09. The first-order valence-corrected chi connectivity index (χ1v) is 3.05. The Labute approximate surface area is 75.5 Å². The molecule has 0 unspecified atom stereocenters. The monoisotopic (exact) mass is 180 g/mol. The number of aliphatic carboxylic acids is 1. The molecule has 0 bridgehead atoms. The number of amides is 2. The zero-order chi connectivity index (χ0) is 13.1. The third-order valence-electron chi connectivity index (χ3n) is 0.913.